The lowest BCUT2D eigenvalue weighted by atomic mass is 10.1. The second-order valence-electron chi connectivity index (χ2n) is 6.93. The molecule has 0 spiro atoms. The number of ether oxygens (including phenoxy) is 1. The maximum absolute atomic E-state index is 5.72. The normalized spacial score (nSPS) is 16.8. The predicted molar refractivity (Wildman–Crippen MR) is 106 cm³/mol. The predicted octanol–water partition coefficient (Wildman–Crippen LogP) is 4.58. The van der Waals surface area contributed by atoms with E-state index in [0.717, 1.165) is 48.4 Å². The Bertz CT molecular complexity index is 899. The number of nitrogens with one attached hydrogen (secondary N) is 2. The summed E-state index contributed by atoms with van der Waals surface area (Å²) in [5, 5.41) is 7.84. The van der Waals surface area contributed by atoms with Crippen LogP contribution in [-0.4, -0.2) is 29.2 Å². The first-order chi connectivity index (χ1) is 12.7. The van der Waals surface area contributed by atoms with E-state index in [1.54, 1.807) is 0 Å². The minimum atomic E-state index is 0.263. The number of hydrogen-bond donors (Lipinski definition) is 2. The summed E-state index contributed by atoms with van der Waals surface area (Å²) in [6.07, 6.45) is 2.50. The number of aromatic nitrogens is 2. The summed E-state index contributed by atoms with van der Waals surface area (Å²) in [4.78, 5) is 9.40. The first kappa shape index (κ1) is 16.8. The molecule has 134 valence electrons. The molecule has 5 heteroatoms. The number of aryl methyl sites for hydroxylation is 2. The summed E-state index contributed by atoms with van der Waals surface area (Å²) < 4.78 is 5.72. The van der Waals surface area contributed by atoms with E-state index in [-0.39, 0.29) is 6.10 Å². The van der Waals surface area contributed by atoms with Crippen molar-refractivity contribution in [3.8, 4) is 0 Å². The van der Waals surface area contributed by atoms with Crippen LogP contribution in [0.4, 0.5) is 17.5 Å². The third-order valence-electron chi connectivity index (χ3n) is 4.60. The largest absolute Gasteiger partial charge is 0.376 e. The number of nitrogens with zero attached hydrogens (tertiary/aromatic N) is 2. The Morgan fingerprint density at radius 2 is 1.88 bits per heavy atom. The van der Waals surface area contributed by atoms with Gasteiger partial charge in [0.2, 0.25) is 5.95 Å². The summed E-state index contributed by atoms with van der Waals surface area (Å²) in [6.45, 7) is 5.81. The van der Waals surface area contributed by atoms with Gasteiger partial charge in [0.1, 0.15) is 5.82 Å². The Labute approximate surface area is 153 Å². The number of rotatable bonds is 5. The van der Waals surface area contributed by atoms with Crippen LogP contribution in [0.25, 0.3) is 10.9 Å². The summed E-state index contributed by atoms with van der Waals surface area (Å²) >= 11 is 0. The van der Waals surface area contributed by atoms with Crippen molar-refractivity contribution in [1.82, 2.24) is 9.97 Å². The zero-order valence-electron chi connectivity index (χ0n) is 15.2. The maximum atomic E-state index is 5.72. The number of anilines is 3. The molecule has 1 fully saturated rings. The van der Waals surface area contributed by atoms with Gasteiger partial charge in [0, 0.05) is 24.2 Å². The van der Waals surface area contributed by atoms with E-state index >= 15 is 0 Å². The molecule has 1 unspecified atom stereocenters. The third-order valence-corrected chi connectivity index (χ3v) is 4.60. The molecule has 4 rings (SSSR count). The van der Waals surface area contributed by atoms with E-state index in [4.69, 9.17) is 9.72 Å². The van der Waals surface area contributed by atoms with Crippen LogP contribution in [0.2, 0.25) is 0 Å². The zero-order valence-corrected chi connectivity index (χ0v) is 15.2. The van der Waals surface area contributed by atoms with Gasteiger partial charge in [-0.3, -0.25) is 0 Å². The molecular formula is C21H24N4O. The van der Waals surface area contributed by atoms with Gasteiger partial charge in [-0.15, -0.1) is 0 Å². The molecule has 0 saturated carbocycles. The molecule has 1 saturated heterocycles. The molecule has 1 aliphatic rings. The minimum Gasteiger partial charge on any atom is -0.376 e. The Balaban J connectivity index is 1.64. The average Bonchev–Trinajstić information content (AvgIpc) is 3.12. The molecule has 1 aromatic heterocycles. The minimum absolute atomic E-state index is 0.263. The van der Waals surface area contributed by atoms with Gasteiger partial charge in [-0.25, -0.2) is 4.98 Å². The fourth-order valence-corrected chi connectivity index (χ4v) is 3.46. The van der Waals surface area contributed by atoms with Gasteiger partial charge in [0.15, 0.2) is 0 Å². The Morgan fingerprint density at radius 3 is 2.65 bits per heavy atom. The molecule has 5 nitrogen and oxygen atoms in total. The van der Waals surface area contributed by atoms with Gasteiger partial charge in [-0.05, 0) is 62.1 Å². The molecule has 0 aliphatic carbocycles. The van der Waals surface area contributed by atoms with Crippen molar-refractivity contribution in [2.45, 2.75) is 32.8 Å². The smallest absolute Gasteiger partial charge is 0.229 e. The quantitative estimate of drug-likeness (QED) is 0.707. The van der Waals surface area contributed by atoms with Crippen LogP contribution in [0, 0.1) is 13.8 Å². The number of fused-ring (bicyclic) bond motifs is 1. The van der Waals surface area contributed by atoms with Gasteiger partial charge >= 0.3 is 0 Å². The molecule has 3 aromatic rings. The number of hydrogen-bond acceptors (Lipinski definition) is 5. The molecule has 26 heavy (non-hydrogen) atoms. The lowest BCUT2D eigenvalue weighted by Crippen LogP contribution is -2.19. The molecule has 1 aliphatic heterocycles. The standard InChI is InChI=1S/C21H24N4O/c1-14-10-15(2)12-16(11-14)23-21-24-19-8-4-3-7-18(19)20(25-21)22-13-17-6-5-9-26-17/h3-4,7-8,10-12,17H,5-6,9,13H2,1-2H3,(H2,22,23,24,25). The van der Waals surface area contributed by atoms with Crippen LogP contribution in [-0.2, 0) is 4.74 Å². The SMILES string of the molecule is Cc1cc(C)cc(Nc2nc(NCC3CCCO3)c3ccccc3n2)c1. The Morgan fingerprint density at radius 1 is 1.08 bits per heavy atom. The number of benzene rings is 2. The first-order valence-electron chi connectivity index (χ1n) is 9.15. The summed E-state index contributed by atoms with van der Waals surface area (Å²) in [7, 11) is 0. The highest BCUT2D eigenvalue weighted by Gasteiger charge is 2.16. The van der Waals surface area contributed by atoms with E-state index in [1.165, 1.54) is 11.1 Å². The van der Waals surface area contributed by atoms with E-state index in [9.17, 15) is 0 Å². The van der Waals surface area contributed by atoms with E-state index in [1.807, 2.05) is 24.3 Å². The highest BCUT2D eigenvalue weighted by Crippen LogP contribution is 2.25. The van der Waals surface area contributed by atoms with Crippen molar-refractivity contribution in [1.29, 1.82) is 0 Å². The van der Waals surface area contributed by atoms with Crippen LogP contribution < -0.4 is 10.6 Å². The van der Waals surface area contributed by atoms with Crippen molar-refractivity contribution >= 4 is 28.4 Å². The highest BCUT2D eigenvalue weighted by molar-refractivity contribution is 5.90. The fourth-order valence-electron chi connectivity index (χ4n) is 3.46. The van der Waals surface area contributed by atoms with Gasteiger partial charge in [-0.2, -0.15) is 4.98 Å². The summed E-state index contributed by atoms with van der Waals surface area (Å²) in [5.74, 6) is 1.45. The van der Waals surface area contributed by atoms with Gasteiger partial charge in [-0.1, -0.05) is 18.2 Å². The molecule has 2 aromatic carbocycles. The highest BCUT2D eigenvalue weighted by atomic mass is 16.5. The first-order valence-corrected chi connectivity index (χ1v) is 9.15. The average molecular weight is 348 g/mol. The van der Waals surface area contributed by atoms with E-state index in [2.05, 4.69) is 47.7 Å². The van der Waals surface area contributed by atoms with Crippen LogP contribution in [0.3, 0.4) is 0 Å². The maximum Gasteiger partial charge on any atom is 0.229 e. The Kier molecular flexibility index (Phi) is 4.71. The van der Waals surface area contributed by atoms with Crippen LogP contribution >= 0.6 is 0 Å². The van der Waals surface area contributed by atoms with Crippen LogP contribution in [0.15, 0.2) is 42.5 Å². The van der Waals surface area contributed by atoms with Crippen molar-refractivity contribution in [2.24, 2.45) is 0 Å². The molecule has 0 radical (unpaired) electrons. The van der Waals surface area contributed by atoms with Crippen molar-refractivity contribution in [3.63, 3.8) is 0 Å². The summed E-state index contributed by atoms with van der Waals surface area (Å²) in [6, 6.07) is 14.4. The number of para-hydroxylation sites is 1. The molecule has 2 heterocycles. The molecule has 0 bridgehead atoms. The fraction of sp³-hybridized carbons (Fsp3) is 0.333. The zero-order chi connectivity index (χ0) is 17.9. The monoisotopic (exact) mass is 348 g/mol. The third kappa shape index (κ3) is 3.78. The van der Waals surface area contributed by atoms with Crippen LogP contribution in [0.5, 0.6) is 0 Å². The second kappa shape index (κ2) is 7.30. The van der Waals surface area contributed by atoms with Crippen molar-refractivity contribution in [2.75, 3.05) is 23.8 Å². The lowest BCUT2D eigenvalue weighted by Gasteiger charge is -2.15. The second-order valence-corrected chi connectivity index (χ2v) is 6.93. The van der Waals surface area contributed by atoms with E-state index < -0.39 is 0 Å². The van der Waals surface area contributed by atoms with Gasteiger partial charge in [0.25, 0.3) is 0 Å². The van der Waals surface area contributed by atoms with E-state index in [0.29, 0.717) is 5.95 Å². The summed E-state index contributed by atoms with van der Waals surface area (Å²) in [5.41, 5.74) is 4.35. The molecule has 2 N–H and O–H groups in total. The molecule has 1 atom stereocenters. The topological polar surface area (TPSA) is 59.1 Å². The van der Waals surface area contributed by atoms with Crippen molar-refractivity contribution < 1.29 is 4.74 Å². The molecular weight excluding hydrogens is 324 g/mol. The van der Waals surface area contributed by atoms with Crippen molar-refractivity contribution in [3.05, 3.63) is 53.6 Å². The molecule has 0 amide bonds. The lowest BCUT2D eigenvalue weighted by molar-refractivity contribution is 0.120. The van der Waals surface area contributed by atoms with Gasteiger partial charge in [0.05, 0.1) is 11.6 Å². The van der Waals surface area contributed by atoms with Crippen LogP contribution in [0.1, 0.15) is 24.0 Å². The van der Waals surface area contributed by atoms with Gasteiger partial charge < -0.3 is 15.4 Å². The Hall–Kier alpha value is -2.66.